The van der Waals surface area contributed by atoms with Gasteiger partial charge < -0.3 is 10.2 Å². The van der Waals surface area contributed by atoms with E-state index in [-0.39, 0.29) is 17.7 Å². The summed E-state index contributed by atoms with van der Waals surface area (Å²) in [4.78, 5) is 26.9. The zero-order valence-corrected chi connectivity index (χ0v) is 16.5. The maximum atomic E-state index is 12.7. The predicted molar refractivity (Wildman–Crippen MR) is 108 cm³/mol. The molecule has 0 radical (unpaired) electrons. The summed E-state index contributed by atoms with van der Waals surface area (Å²) >= 11 is 8.16. The number of hydrogen-bond donors (Lipinski definition) is 1. The van der Waals surface area contributed by atoms with E-state index in [1.165, 1.54) is 0 Å². The maximum absolute atomic E-state index is 12.7. The molecule has 0 aliphatic carbocycles. The maximum Gasteiger partial charge on any atom is 0.254 e. The highest BCUT2D eigenvalue weighted by molar-refractivity contribution is 14.1. The van der Waals surface area contributed by atoms with Gasteiger partial charge in [0, 0.05) is 33.3 Å². The molecule has 4 nitrogen and oxygen atoms in total. The highest BCUT2D eigenvalue weighted by atomic mass is 127. The number of hydrogen-bond acceptors (Lipinski definition) is 2. The first kappa shape index (κ1) is 18.2. The molecule has 1 heterocycles. The Hall–Kier alpha value is -1.60. The molecular weight excluding hydrogens is 451 g/mol. The summed E-state index contributed by atoms with van der Waals surface area (Å²) < 4.78 is 0.885. The summed E-state index contributed by atoms with van der Waals surface area (Å²) in [5, 5.41) is 3.50. The van der Waals surface area contributed by atoms with E-state index in [2.05, 4.69) is 27.9 Å². The van der Waals surface area contributed by atoms with E-state index in [0.29, 0.717) is 36.5 Å². The number of amides is 2. The first-order valence-electron chi connectivity index (χ1n) is 8.15. The van der Waals surface area contributed by atoms with Crippen LogP contribution in [-0.4, -0.2) is 29.8 Å². The number of halogens is 2. The number of benzene rings is 2. The van der Waals surface area contributed by atoms with Crippen LogP contribution in [-0.2, 0) is 4.79 Å². The number of nitrogens with zero attached hydrogens (tertiary/aromatic N) is 1. The van der Waals surface area contributed by atoms with E-state index in [1.807, 2.05) is 36.4 Å². The van der Waals surface area contributed by atoms with E-state index in [1.54, 1.807) is 17.0 Å². The lowest BCUT2D eigenvalue weighted by atomic mass is 9.95. The van der Waals surface area contributed by atoms with E-state index >= 15 is 0 Å². The van der Waals surface area contributed by atoms with Gasteiger partial charge in [-0.25, -0.2) is 0 Å². The topological polar surface area (TPSA) is 49.4 Å². The van der Waals surface area contributed by atoms with E-state index in [0.717, 1.165) is 9.26 Å². The Morgan fingerprint density at radius 3 is 2.44 bits per heavy atom. The second-order valence-corrected chi connectivity index (χ2v) is 7.64. The predicted octanol–water partition coefficient (Wildman–Crippen LogP) is 4.44. The number of nitrogens with one attached hydrogen (secondary N) is 1. The Labute approximate surface area is 165 Å². The van der Waals surface area contributed by atoms with Gasteiger partial charge in [-0.3, -0.25) is 9.59 Å². The molecule has 1 saturated heterocycles. The van der Waals surface area contributed by atoms with E-state index in [9.17, 15) is 9.59 Å². The minimum atomic E-state index is -0.0670. The molecule has 2 aromatic carbocycles. The highest BCUT2D eigenvalue weighted by Crippen LogP contribution is 2.24. The lowest BCUT2D eigenvalue weighted by Gasteiger charge is -2.31. The molecule has 0 aromatic heterocycles. The largest absolute Gasteiger partial charge is 0.339 e. The molecule has 1 aliphatic rings. The molecule has 0 bridgehead atoms. The number of anilines is 1. The van der Waals surface area contributed by atoms with Crippen molar-refractivity contribution < 1.29 is 9.59 Å². The third-order valence-corrected chi connectivity index (χ3v) is 5.53. The van der Waals surface area contributed by atoms with Crippen LogP contribution >= 0.6 is 34.2 Å². The minimum absolute atomic E-state index is 0.0196. The number of likely N-dealkylation sites (tertiary alicyclic amines) is 1. The summed E-state index contributed by atoms with van der Waals surface area (Å²) in [6, 6.07) is 14.8. The van der Waals surface area contributed by atoms with Crippen LogP contribution in [0.3, 0.4) is 0 Å². The van der Waals surface area contributed by atoms with Crippen LogP contribution in [0.15, 0.2) is 48.5 Å². The molecule has 1 fully saturated rings. The first-order chi connectivity index (χ1) is 12.0. The minimum Gasteiger partial charge on any atom is -0.339 e. The van der Waals surface area contributed by atoms with Crippen LogP contribution in [0.1, 0.15) is 23.2 Å². The lowest BCUT2D eigenvalue weighted by Crippen LogP contribution is -2.41. The monoisotopic (exact) mass is 468 g/mol. The van der Waals surface area contributed by atoms with Crippen molar-refractivity contribution in [2.75, 3.05) is 18.4 Å². The van der Waals surface area contributed by atoms with Crippen LogP contribution < -0.4 is 5.32 Å². The molecule has 1 N–H and O–H groups in total. The summed E-state index contributed by atoms with van der Waals surface area (Å²) in [6.45, 7) is 1.16. The SMILES string of the molecule is O=C(Nc1ccccc1)C1CCN(C(=O)c2cc(Cl)ccc2I)CC1. The number of para-hydroxylation sites is 1. The molecule has 6 heteroatoms. The Bertz CT molecular complexity index is 774. The summed E-state index contributed by atoms with van der Waals surface area (Å²) in [6.07, 6.45) is 1.34. The Kier molecular flexibility index (Phi) is 5.96. The van der Waals surface area contributed by atoms with Gasteiger partial charge in [0.15, 0.2) is 0 Å². The van der Waals surface area contributed by atoms with Crippen molar-refractivity contribution in [1.82, 2.24) is 4.90 Å². The molecule has 0 spiro atoms. The standard InChI is InChI=1S/C19H18ClIN2O2/c20-14-6-7-17(21)16(12-14)19(25)23-10-8-13(9-11-23)18(24)22-15-4-2-1-3-5-15/h1-7,12-13H,8-11H2,(H,22,24). The van der Waals surface area contributed by atoms with Gasteiger partial charge >= 0.3 is 0 Å². The van der Waals surface area contributed by atoms with Gasteiger partial charge in [-0.15, -0.1) is 0 Å². The highest BCUT2D eigenvalue weighted by Gasteiger charge is 2.28. The van der Waals surface area contributed by atoms with Gasteiger partial charge in [-0.05, 0) is 65.8 Å². The fraction of sp³-hybridized carbons (Fsp3) is 0.263. The summed E-state index contributed by atoms with van der Waals surface area (Å²) in [7, 11) is 0. The van der Waals surface area contributed by atoms with Crippen molar-refractivity contribution in [2.24, 2.45) is 5.92 Å². The van der Waals surface area contributed by atoms with Crippen LogP contribution in [0, 0.1) is 9.49 Å². The van der Waals surface area contributed by atoms with Gasteiger partial charge in [0.1, 0.15) is 0 Å². The van der Waals surface area contributed by atoms with Gasteiger partial charge in [-0.2, -0.15) is 0 Å². The molecule has 2 aromatic rings. The Morgan fingerprint density at radius 2 is 1.76 bits per heavy atom. The summed E-state index contributed by atoms with van der Waals surface area (Å²) in [5.74, 6) is -0.0628. The van der Waals surface area contributed by atoms with Crippen LogP contribution in [0.5, 0.6) is 0 Å². The molecule has 25 heavy (non-hydrogen) atoms. The second kappa shape index (κ2) is 8.19. The zero-order valence-electron chi connectivity index (χ0n) is 13.5. The quantitative estimate of drug-likeness (QED) is 0.677. The Morgan fingerprint density at radius 1 is 1.08 bits per heavy atom. The fourth-order valence-electron chi connectivity index (χ4n) is 2.94. The van der Waals surface area contributed by atoms with Crippen LogP contribution in [0.4, 0.5) is 5.69 Å². The normalized spacial score (nSPS) is 15.0. The number of carbonyl (C=O) groups excluding carboxylic acids is 2. The lowest BCUT2D eigenvalue weighted by molar-refractivity contribution is -0.121. The average molecular weight is 469 g/mol. The van der Waals surface area contributed by atoms with Crippen molar-refractivity contribution in [1.29, 1.82) is 0 Å². The van der Waals surface area contributed by atoms with E-state index in [4.69, 9.17) is 11.6 Å². The molecule has 0 unspecified atom stereocenters. The van der Waals surface area contributed by atoms with Crippen molar-refractivity contribution in [3.8, 4) is 0 Å². The fourth-order valence-corrected chi connectivity index (χ4v) is 3.68. The molecular formula is C19H18ClIN2O2. The molecule has 2 amide bonds. The van der Waals surface area contributed by atoms with Crippen molar-refractivity contribution in [3.63, 3.8) is 0 Å². The van der Waals surface area contributed by atoms with E-state index < -0.39 is 0 Å². The number of piperidine rings is 1. The molecule has 3 rings (SSSR count). The van der Waals surface area contributed by atoms with Gasteiger partial charge in [0.25, 0.3) is 5.91 Å². The third-order valence-electron chi connectivity index (χ3n) is 4.35. The zero-order chi connectivity index (χ0) is 17.8. The second-order valence-electron chi connectivity index (χ2n) is 6.05. The van der Waals surface area contributed by atoms with Crippen LogP contribution in [0.2, 0.25) is 5.02 Å². The molecule has 130 valence electrons. The average Bonchev–Trinajstić information content (AvgIpc) is 2.64. The molecule has 0 saturated carbocycles. The van der Waals surface area contributed by atoms with Crippen molar-refractivity contribution >= 4 is 51.7 Å². The number of rotatable bonds is 3. The summed E-state index contributed by atoms with van der Waals surface area (Å²) in [5.41, 5.74) is 1.43. The van der Waals surface area contributed by atoms with Gasteiger partial charge in [0.2, 0.25) is 5.91 Å². The van der Waals surface area contributed by atoms with Crippen molar-refractivity contribution in [3.05, 3.63) is 62.7 Å². The van der Waals surface area contributed by atoms with Crippen molar-refractivity contribution in [2.45, 2.75) is 12.8 Å². The molecule has 0 atom stereocenters. The Balaban J connectivity index is 1.59. The van der Waals surface area contributed by atoms with Crippen LogP contribution in [0.25, 0.3) is 0 Å². The van der Waals surface area contributed by atoms with Gasteiger partial charge in [0.05, 0.1) is 5.56 Å². The van der Waals surface area contributed by atoms with Gasteiger partial charge in [-0.1, -0.05) is 29.8 Å². The first-order valence-corrected chi connectivity index (χ1v) is 9.60. The molecule has 1 aliphatic heterocycles. The number of carbonyl (C=O) groups is 2. The third kappa shape index (κ3) is 4.52. The smallest absolute Gasteiger partial charge is 0.254 e.